The summed E-state index contributed by atoms with van der Waals surface area (Å²) in [5.74, 6) is -69.7. The molecule has 0 fully saturated rings. The summed E-state index contributed by atoms with van der Waals surface area (Å²) < 4.78 is 342. The Balaban J connectivity index is 0.000000329. The second-order valence-corrected chi connectivity index (χ2v) is 11.1. The van der Waals surface area contributed by atoms with E-state index in [9.17, 15) is 110 Å². The molecule has 0 saturated carbocycles. The number of hydrogen-bond donors (Lipinski definition) is 0. The van der Waals surface area contributed by atoms with Crippen LogP contribution >= 0.6 is 0 Å². The highest BCUT2D eigenvalue weighted by molar-refractivity contribution is 6.95. The van der Waals surface area contributed by atoms with E-state index in [2.05, 4.69) is 0 Å². The van der Waals surface area contributed by atoms with Gasteiger partial charge in [0.1, 0.15) is 0 Å². The van der Waals surface area contributed by atoms with Crippen molar-refractivity contribution in [2.24, 2.45) is 0 Å². The molecule has 0 spiro atoms. The first-order valence-corrected chi connectivity index (χ1v) is 14.2. The molecule has 0 unspecified atom stereocenters. The Morgan fingerprint density at radius 1 is 0.186 bits per heavy atom. The first kappa shape index (κ1) is 47.9. The van der Waals surface area contributed by atoms with Gasteiger partial charge in [-0.05, 0) is 0 Å². The second kappa shape index (κ2) is 17.0. The fourth-order valence-corrected chi connectivity index (χ4v) is 5.21. The number of rotatable bonds is 5. The van der Waals surface area contributed by atoms with Crippen LogP contribution in [0.2, 0.25) is 6.82 Å². The minimum atomic E-state index is -3.96. The van der Waals surface area contributed by atoms with Gasteiger partial charge in [-0.1, -0.05) is 14.2 Å². The smallest absolute Gasteiger partial charge is 0.204 e. The summed E-state index contributed by atoms with van der Waals surface area (Å²) in [7, 11) is 0. The van der Waals surface area contributed by atoms with E-state index < -0.39 is 186 Å². The normalized spacial score (nSPS) is 11.1. The van der Waals surface area contributed by atoms with Gasteiger partial charge in [0.05, 0.1) is 0 Å². The second-order valence-electron chi connectivity index (χ2n) is 11.1. The molecular formula is C32H7B2F25. The van der Waals surface area contributed by atoms with Crippen LogP contribution in [0.1, 0.15) is 7.43 Å². The van der Waals surface area contributed by atoms with Gasteiger partial charge in [-0.3, -0.25) is 0 Å². The predicted octanol–water partition coefficient (Wildman–Crippen LogP) is 8.24. The van der Waals surface area contributed by atoms with Crippen LogP contribution in [0.3, 0.4) is 0 Å². The molecule has 0 heterocycles. The first-order valence-electron chi connectivity index (χ1n) is 14.2. The quantitative estimate of drug-likeness (QED) is 0.0723. The SMILES string of the molecule is C.CB(c1c(F)c(F)c(F)c(F)c1F)c1c(F)c(F)c(F)c(F)c1F.Fc1c(F)c(F)c(B(c2c(F)c(F)c(F)c(F)c2F)c2c(F)c(F)c(F)c(F)c2F)c(F)c1F. The van der Waals surface area contributed by atoms with Crippen molar-refractivity contribution in [2.45, 2.75) is 14.2 Å². The molecule has 0 saturated heterocycles. The molecule has 27 heteroatoms. The number of benzene rings is 5. The largest absolute Gasteiger partial charge is 0.265 e. The van der Waals surface area contributed by atoms with Crippen LogP contribution in [-0.4, -0.2) is 13.4 Å². The molecule has 0 aromatic heterocycles. The van der Waals surface area contributed by atoms with Crippen molar-refractivity contribution >= 4 is 40.7 Å². The third-order valence-electron chi connectivity index (χ3n) is 7.95. The standard InChI is InChI=1S/C18BF15.C13H3BF10.CH4/c20-4-1(5(21)11(27)16(32)10(4)26)19(2-6(22)12(28)17(33)13(29)7(2)23)3-8(24)14(30)18(34)15(31)9(3)25;1-14(2-4(15)8(19)12(23)9(20)5(2)16)3-6(17)10(21)13(24)11(22)7(3)18;/h;1H3;1H4. The Labute approximate surface area is 310 Å². The van der Waals surface area contributed by atoms with E-state index in [1.807, 2.05) is 0 Å². The Morgan fingerprint density at radius 3 is 0.424 bits per heavy atom. The molecular weight excluding hydrogens is 881 g/mol. The molecule has 5 rings (SSSR count). The average Bonchev–Trinajstić information content (AvgIpc) is 3.19. The highest BCUT2D eigenvalue weighted by atomic mass is 19.2. The summed E-state index contributed by atoms with van der Waals surface area (Å²) in [6.45, 7) is -5.80. The Kier molecular flexibility index (Phi) is 13.8. The third-order valence-corrected chi connectivity index (χ3v) is 7.95. The van der Waals surface area contributed by atoms with E-state index in [0.717, 1.165) is 0 Å². The first-order chi connectivity index (χ1) is 26.7. The molecule has 0 radical (unpaired) electrons. The molecule has 5 aromatic carbocycles. The lowest BCUT2D eigenvalue weighted by molar-refractivity contribution is 0.380. The lowest BCUT2D eigenvalue weighted by Crippen LogP contribution is -2.60. The average molecular weight is 888 g/mol. The zero-order valence-electron chi connectivity index (χ0n) is 26.6. The van der Waals surface area contributed by atoms with Crippen molar-refractivity contribution in [2.75, 3.05) is 0 Å². The maximum atomic E-state index is 14.4. The molecule has 316 valence electrons. The van der Waals surface area contributed by atoms with Crippen LogP contribution in [0.15, 0.2) is 0 Å². The van der Waals surface area contributed by atoms with E-state index in [1.54, 1.807) is 0 Å². The molecule has 0 N–H and O–H groups in total. The Bertz CT molecular complexity index is 2180. The Morgan fingerprint density at radius 2 is 0.288 bits per heavy atom. The van der Waals surface area contributed by atoms with Gasteiger partial charge in [0.15, 0.2) is 145 Å². The van der Waals surface area contributed by atoms with E-state index >= 15 is 0 Å². The van der Waals surface area contributed by atoms with Crippen molar-refractivity contribution in [1.29, 1.82) is 0 Å². The maximum absolute atomic E-state index is 14.4. The molecule has 0 nitrogen and oxygen atoms in total. The molecule has 0 bridgehead atoms. The molecule has 0 aliphatic carbocycles. The minimum Gasteiger partial charge on any atom is -0.204 e. The number of halogens is 25. The zero-order valence-corrected chi connectivity index (χ0v) is 26.6. The van der Waals surface area contributed by atoms with E-state index in [0.29, 0.717) is 6.82 Å². The topological polar surface area (TPSA) is 0 Å². The molecule has 59 heavy (non-hydrogen) atoms. The van der Waals surface area contributed by atoms with Gasteiger partial charge in [0.2, 0.25) is 6.71 Å². The van der Waals surface area contributed by atoms with E-state index in [4.69, 9.17) is 0 Å². The fraction of sp³-hybridized carbons (Fsp3) is 0.0625. The highest BCUT2D eigenvalue weighted by Gasteiger charge is 2.45. The summed E-state index contributed by atoms with van der Waals surface area (Å²) in [5, 5.41) is 0. The van der Waals surface area contributed by atoms with Crippen LogP contribution in [0.25, 0.3) is 0 Å². The summed E-state index contributed by atoms with van der Waals surface area (Å²) in [5.41, 5.74) is -11.5. The van der Waals surface area contributed by atoms with Crippen LogP contribution < -0.4 is 27.3 Å². The van der Waals surface area contributed by atoms with Gasteiger partial charge in [0, 0.05) is 27.3 Å². The minimum absolute atomic E-state index is 0. The van der Waals surface area contributed by atoms with Gasteiger partial charge in [-0.2, -0.15) is 0 Å². The van der Waals surface area contributed by atoms with Gasteiger partial charge in [-0.25, -0.2) is 110 Å². The van der Waals surface area contributed by atoms with Crippen LogP contribution in [0.4, 0.5) is 110 Å². The number of hydrogen-bond acceptors (Lipinski definition) is 0. The fourth-order valence-electron chi connectivity index (χ4n) is 5.21. The lowest BCUT2D eigenvalue weighted by Gasteiger charge is -2.21. The predicted molar refractivity (Wildman–Crippen MR) is 153 cm³/mol. The van der Waals surface area contributed by atoms with Crippen molar-refractivity contribution in [3.8, 4) is 0 Å². The molecule has 0 aliphatic rings. The Hall–Kier alpha value is -5.52. The molecule has 5 aromatic rings. The monoisotopic (exact) mass is 888 g/mol. The molecule has 0 atom stereocenters. The maximum Gasteiger partial charge on any atom is 0.265 e. The summed E-state index contributed by atoms with van der Waals surface area (Å²) in [6, 6.07) is 0. The van der Waals surface area contributed by atoms with Crippen LogP contribution in [0, 0.1) is 145 Å². The van der Waals surface area contributed by atoms with Crippen molar-refractivity contribution < 1.29 is 110 Å². The van der Waals surface area contributed by atoms with E-state index in [1.165, 1.54) is 0 Å². The van der Waals surface area contributed by atoms with Gasteiger partial charge in [0.25, 0.3) is 6.71 Å². The lowest BCUT2D eigenvalue weighted by atomic mass is 9.36. The van der Waals surface area contributed by atoms with Crippen molar-refractivity contribution in [3.05, 3.63) is 145 Å². The third kappa shape index (κ3) is 7.39. The van der Waals surface area contributed by atoms with Crippen LogP contribution in [-0.2, 0) is 0 Å². The van der Waals surface area contributed by atoms with Gasteiger partial charge < -0.3 is 0 Å². The van der Waals surface area contributed by atoms with Gasteiger partial charge in [-0.15, -0.1) is 0 Å². The van der Waals surface area contributed by atoms with Gasteiger partial charge >= 0.3 is 0 Å². The summed E-state index contributed by atoms with van der Waals surface area (Å²) in [4.78, 5) is 0. The van der Waals surface area contributed by atoms with Crippen LogP contribution in [0.5, 0.6) is 0 Å². The molecule has 0 amide bonds. The van der Waals surface area contributed by atoms with E-state index in [-0.39, 0.29) is 7.43 Å². The highest BCUT2D eigenvalue weighted by Crippen LogP contribution is 2.25. The summed E-state index contributed by atoms with van der Waals surface area (Å²) >= 11 is 0. The summed E-state index contributed by atoms with van der Waals surface area (Å²) in [6.07, 6.45) is 0. The van der Waals surface area contributed by atoms with Crippen molar-refractivity contribution in [1.82, 2.24) is 0 Å². The molecule has 0 aliphatic heterocycles. The van der Waals surface area contributed by atoms with Crippen molar-refractivity contribution in [3.63, 3.8) is 0 Å². The zero-order chi connectivity index (χ0) is 44.5.